The quantitative estimate of drug-likeness (QED) is 0.698. The summed E-state index contributed by atoms with van der Waals surface area (Å²) in [4.78, 5) is 32.6. The van der Waals surface area contributed by atoms with Gasteiger partial charge in [0.2, 0.25) is 0 Å². The zero-order chi connectivity index (χ0) is 18.3. The lowest BCUT2D eigenvalue weighted by Gasteiger charge is -2.22. The van der Waals surface area contributed by atoms with Crippen molar-refractivity contribution in [2.24, 2.45) is 0 Å². The van der Waals surface area contributed by atoms with Crippen molar-refractivity contribution in [3.8, 4) is 0 Å². The molecule has 0 bridgehead atoms. The van der Waals surface area contributed by atoms with Crippen LogP contribution in [-0.2, 0) is 17.7 Å². The molecule has 0 saturated carbocycles. The fraction of sp³-hybridized carbons (Fsp3) is 0.278. The molecule has 0 saturated heterocycles. The molecule has 0 aliphatic carbocycles. The van der Waals surface area contributed by atoms with E-state index < -0.39 is 5.97 Å². The minimum absolute atomic E-state index is 0.239. The van der Waals surface area contributed by atoms with E-state index in [2.05, 4.69) is 15.2 Å². The summed E-state index contributed by atoms with van der Waals surface area (Å²) in [6, 6.07) is 5.40. The number of nitrogens with one attached hydrogen (secondary N) is 1. The number of methoxy groups -OCH3 is 1. The van der Waals surface area contributed by atoms with E-state index in [0.29, 0.717) is 16.1 Å². The molecule has 6 nitrogen and oxygen atoms in total. The summed E-state index contributed by atoms with van der Waals surface area (Å²) in [7, 11) is 3.41. The van der Waals surface area contributed by atoms with Gasteiger partial charge in [0, 0.05) is 23.5 Å². The van der Waals surface area contributed by atoms with E-state index in [4.69, 9.17) is 4.74 Å². The van der Waals surface area contributed by atoms with Gasteiger partial charge in [-0.3, -0.25) is 4.79 Å². The van der Waals surface area contributed by atoms with Crippen molar-refractivity contribution in [1.29, 1.82) is 0 Å². The number of likely N-dealkylation sites (N-methyl/N-ethyl adjacent to an activating group) is 1. The summed E-state index contributed by atoms with van der Waals surface area (Å²) in [5.41, 5.74) is 4.66. The second kappa shape index (κ2) is 6.79. The second-order valence-electron chi connectivity index (χ2n) is 6.18. The van der Waals surface area contributed by atoms with Crippen molar-refractivity contribution in [3.63, 3.8) is 0 Å². The van der Waals surface area contributed by atoms with Crippen LogP contribution in [0.2, 0.25) is 0 Å². The van der Waals surface area contributed by atoms with Crippen LogP contribution in [-0.4, -0.2) is 42.5 Å². The SMILES string of the molecule is COC(=O)c1c(NC(=O)c2ccc3ncsc3c2)sc2c1CCN(C)C2. The van der Waals surface area contributed by atoms with Crippen LogP contribution in [0.25, 0.3) is 10.2 Å². The fourth-order valence-electron chi connectivity index (χ4n) is 3.11. The van der Waals surface area contributed by atoms with Crippen LogP contribution in [0.1, 0.15) is 31.2 Å². The normalized spacial score (nSPS) is 14.2. The number of benzene rings is 1. The summed E-state index contributed by atoms with van der Waals surface area (Å²) in [5.74, 6) is -0.641. The smallest absolute Gasteiger partial charge is 0.341 e. The van der Waals surface area contributed by atoms with Gasteiger partial charge in [-0.1, -0.05) is 0 Å². The Morgan fingerprint density at radius 2 is 2.19 bits per heavy atom. The maximum atomic E-state index is 12.7. The van der Waals surface area contributed by atoms with Gasteiger partial charge in [0.05, 0.1) is 28.4 Å². The Hall–Kier alpha value is -2.29. The second-order valence-corrected chi connectivity index (χ2v) is 8.17. The Kier molecular flexibility index (Phi) is 4.47. The number of amides is 1. The molecule has 0 radical (unpaired) electrons. The fourth-order valence-corrected chi connectivity index (χ4v) is 5.14. The predicted molar refractivity (Wildman–Crippen MR) is 103 cm³/mol. The molecule has 26 heavy (non-hydrogen) atoms. The van der Waals surface area contributed by atoms with Crippen molar-refractivity contribution >= 4 is 49.8 Å². The summed E-state index contributed by atoms with van der Waals surface area (Å²) in [5, 5.41) is 3.48. The third-order valence-electron chi connectivity index (χ3n) is 4.46. The predicted octanol–water partition coefficient (Wildman–Crippen LogP) is 3.38. The van der Waals surface area contributed by atoms with E-state index >= 15 is 0 Å². The molecule has 4 rings (SSSR count). The molecule has 1 aliphatic heterocycles. The zero-order valence-electron chi connectivity index (χ0n) is 14.4. The van der Waals surface area contributed by atoms with Crippen molar-refractivity contribution < 1.29 is 14.3 Å². The lowest BCUT2D eigenvalue weighted by Crippen LogP contribution is -2.26. The van der Waals surface area contributed by atoms with Crippen LogP contribution in [0.5, 0.6) is 0 Å². The zero-order valence-corrected chi connectivity index (χ0v) is 16.0. The number of esters is 1. The summed E-state index contributed by atoms with van der Waals surface area (Å²) in [6.45, 7) is 1.65. The number of hydrogen-bond donors (Lipinski definition) is 1. The van der Waals surface area contributed by atoms with Crippen LogP contribution in [0.3, 0.4) is 0 Å². The molecule has 0 fully saturated rings. The van der Waals surface area contributed by atoms with Crippen LogP contribution < -0.4 is 5.32 Å². The minimum Gasteiger partial charge on any atom is -0.465 e. The molecular weight excluding hydrogens is 370 g/mol. The van der Waals surface area contributed by atoms with E-state index in [1.54, 1.807) is 11.6 Å². The highest BCUT2D eigenvalue weighted by Crippen LogP contribution is 2.37. The van der Waals surface area contributed by atoms with Gasteiger partial charge in [0.15, 0.2) is 0 Å². The topological polar surface area (TPSA) is 71.5 Å². The van der Waals surface area contributed by atoms with Gasteiger partial charge in [-0.15, -0.1) is 22.7 Å². The molecule has 3 aromatic rings. The summed E-state index contributed by atoms with van der Waals surface area (Å²) in [6.07, 6.45) is 0.773. The average molecular weight is 387 g/mol. The Bertz CT molecular complexity index is 1010. The van der Waals surface area contributed by atoms with Crippen molar-refractivity contribution in [2.45, 2.75) is 13.0 Å². The molecular formula is C18H17N3O3S2. The molecule has 0 atom stereocenters. The third-order valence-corrected chi connectivity index (χ3v) is 6.38. The number of thiazole rings is 1. The van der Waals surface area contributed by atoms with Gasteiger partial charge in [0.1, 0.15) is 5.00 Å². The molecule has 3 heterocycles. The number of aromatic nitrogens is 1. The number of nitrogens with zero attached hydrogens (tertiary/aromatic N) is 2. The van der Waals surface area contributed by atoms with E-state index in [-0.39, 0.29) is 5.91 Å². The van der Waals surface area contributed by atoms with Gasteiger partial charge in [-0.05, 0) is 37.2 Å². The Morgan fingerprint density at radius 1 is 1.35 bits per heavy atom. The standard InChI is InChI=1S/C18H17N3O3S2/c1-21-6-5-11-14(8-21)26-17(15(11)18(23)24-2)20-16(22)10-3-4-12-13(7-10)25-9-19-12/h3-4,7,9H,5-6,8H2,1-2H3,(H,20,22). The maximum absolute atomic E-state index is 12.7. The third kappa shape index (κ3) is 3.00. The number of hydrogen-bond acceptors (Lipinski definition) is 7. The first-order valence-corrected chi connectivity index (χ1v) is 9.82. The lowest BCUT2D eigenvalue weighted by molar-refractivity contribution is 0.0600. The molecule has 0 spiro atoms. The summed E-state index contributed by atoms with van der Waals surface area (Å²) < 4.78 is 5.92. The molecule has 1 amide bonds. The maximum Gasteiger partial charge on any atom is 0.341 e. The van der Waals surface area contributed by atoms with Gasteiger partial charge >= 0.3 is 5.97 Å². The van der Waals surface area contributed by atoms with E-state index in [9.17, 15) is 9.59 Å². The van der Waals surface area contributed by atoms with E-state index in [0.717, 1.165) is 40.2 Å². The highest BCUT2D eigenvalue weighted by atomic mass is 32.1. The van der Waals surface area contributed by atoms with Crippen LogP contribution in [0, 0.1) is 0 Å². The first-order valence-electron chi connectivity index (χ1n) is 8.13. The van der Waals surface area contributed by atoms with Gasteiger partial charge in [0.25, 0.3) is 5.91 Å². The number of rotatable bonds is 3. The van der Waals surface area contributed by atoms with Crippen molar-refractivity contribution in [1.82, 2.24) is 9.88 Å². The van der Waals surface area contributed by atoms with E-state index in [1.807, 2.05) is 19.2 Å². The molecule has 2 aromatic heterocycles. The highest BCUT2D eigenvalue weighted by Gasteiger charge is 2.28. The minimum atomic E-state index is -0.403. The van der Waals surface area contributed by atoms with Gasteiger partial charge in [-0.2, -0.15) is 0 Å². The van der Waals surface area contributed by atoms with E-state index in [1.165, 1.54) is 29.8 Å². The Labute approximate surface area is 158 Å². The van der Waals surface area contributed by atoms with Crippen molar-refractivity contribution in [2.75, 3.05) is 26.0 Å². The Morgan fingerprint density at radius 3 is 3.00 bits per heavy atom. The molecule has 134 valence electrons. The highest BCUT2D eigenvalue weighted by molar-refractivity contribution is 7.17. The lowest BCUT2D eigenvalue weighted by atomic mass is 10.0. The first kappa shape index (κ1) is 17.1. The number of anilines is 1. The number of carbonyl (C=O) groups is 2. The molecule has 1 N–H and O–H groups in total. The summed E-state index contributed by atoms with van der Waals surface area (Å²) >= 11 is 2.94. The van der Waals surface area contributed by atoms with Gasteiger partial charge in [-0.25, -0.2) is 9.78 Å². The monoisotopic (exact) mass is 387 g/mol. The van der Waals surface area contributed by atoms with Gasteiger partial charge < -0.3 is 15.0 Å². The molecule has 8 heteroatoms. The van der Waals surface area contributed by atoms with Crippen LogP contribution in [0.4, 0.5) is 5.00 Å². The van der Waals surface area contributed by atoms with Crippen molar-refractivity contribution in [3.05, 3.63) is 45.3 Å². The number of carbonyl (C=O) groups excluding carboxylic acids is 2. The average Bonchev–Trinajstić information content (AvgIpc) is 3.23. The molecule has 1 aromatic carbocycles. The molecule has 0 unspecified atom stereocenters. The van der Waals surface area contributed by atoms with Crippen LogP contribution in [0.15, 0.2) is 23.7 Å². The number of thiophene rings is 1. The largest absolute Gasteiger partial charge is 0.465 e. The van der Waals surface area contributed by atoms with Crippen LogP contribution >= 0.6 is 22.7 Å². The first-order chi connectivity index (χ1) is 12.6. The number of ether oxygens (including phenoxy) is 1. The molecule has 1 aliphatic rings. The number of fused-ring (bicyclic) bond motifs is 2. The Balaban J connectivity index is 1.68.